The van der Waals surface area contributed by atoms with E-state index in [9.17, 15) is 9.59 Å². The summed E-state index contributed by atoms with van der Waals surface area (Å²) in [4.78, 5) is 24.4. The number of urea groups is 1. The predicted molar refractivity (Wildman–Crippen MR) is 77.7 cm³/mol. The Hall–Kier alpha value is -1.30. The van der Waals surface area contributed by atoms with E-state index in [1.54, 1.807) is 0 Å². The highest BCUT2D eigenvalue weighted by atomic mass is 16.4. The van der Waals surface area contributed by atoms with Crippen LogP contribution < -0.4 is 10.6 Å². The van der Waals surface area contributed by atoms with Crippen molar-refractivity contribution in [3.63, 3.8) is 0 Å². The molecule has 1 aliphatic carbocycles. The van der Waals surface area contributed by atoms with Crippen LogP contribution in [0.15, 0.2) is 0 Å². The fourth-order valence-corrected chi connectivity index (χ4v) is 2.13. The minimum Gasteiger partial charge on any atom is -0.481 e. The van der Waals surface area contributed by atoms with E-state index in [1.807, 2.05) is 6.92 Å². The van der Waals surface area contributed by atoms with Gasteiger partial charge in [0.25, 0.3) is 0 Å². The second-order valence-corrected chi connectivity index (χ2v) is 5.79. The largest absolute Gasteiger partial charge is 0.481 e. The van der Waals surface area contributed by atoms with Crippen molar-refractivity contribution in [3.05, 3.63) is 0 Å². The topological polar surface area (TPSA) is 81.7 Å². The van der Waals surface area contributed by atoms with Gasteiger partial charge in [0.15, 0.2) is 0 Å². The Morgan fingerprint density at radius 2 is 2.00 bits per heavy atom. The standard InChI is InChI=1S/C14H27N3O3/c1-10(5-4-6-13(18)19)16-14(20)15-9-11(2)17(3)12-7-8-12/h10-12H,4-9H2,1-3H3,(H,18,19)(H2,15,16,20). The molecule has 0 aliphatic heterocycles. The zero-order valence-corrected chi connectivity index (χ0v) is 12.7. The van der Waals surface area contributed by atoms with Crippen LogP contribution in [0.4, 0.5) is 4.79 Å². The summed E-state index contributed by atoms with van der Waals surface area (Å²) < 4.78 is 0. The Morgan fingerprint density at radius 1 is 1.35 bits per heavy atom. The zero-order chi connectivity index (χ0) is 15.1. The van der Waals surface area contributed by atoms with Crippen molar-refractivity contribution in [2.24, 2.45) is 0 Å². The van der Waals surface area contributed by atoms with Crippen LogP contribution >= 0.6 is 0 Å². The van der Waals surface area contributed by atoms with Gasteiger partial charge in [-0.3, -0.25) is 9.69 Å². The highest BCUT2D eigenvalue weighted by molar-refractivity contribution is 5.74. The molecule has 0 radical (unpaired) electrons. The quantitative estimate of drug-likeness (QED) is 0.598. The van der Waals surface area contributed by atoms with E-state index in [1.165, 1.54) is 12.8 Å². The molecule has 0 aromatic heterocycles. The number of carboxylic acids is 1. The van der Waals surface area contributed by atoms with Gasteiger partial charge in [-0.05, 0) is 46.6 Å². The molecule has 1 fully saturated rings. The molecule has 2 atom stereocenters. The molecule has 0 aromatic rings. The number of nitrogens with zero attached hydrogens (tertiary/aromatic N) is 1. The van der Waals surface area contributed by atoms with E-state index in [0.29, 0.717) is 31.5 Å². The van der Waals surface area contributed by atoms with Crippen LogP contribution in [0.1, 0.15) is 46.0 Å². The highest BCUT2D eigenvalue weighted by Crippen LogP contribution is 2.26. The molecule has 1 saturated carbocycles. The lowest BCUT2D eigenvalue weighted by molar-refractivity contribution is -0.137. The van der Waals surface area contributed by atoms with Crippen LogP contribution in [0, 0.1) is 0 Å². The van der Waals surface area contributed by atoms with Gasteiger partial charge in [-0.25, -0.2) is 4.79 Å². The van der Waals surface area contributed by atoms with E-state index in [0.717, 1.165) is 0 Å². The number of hydrogen-bond acceptors (Lipinski definition) is 3. The van der Waals surface area contributed by atoms with Crippen LogP contribution in [0.3, 0.4) is 0 Å². The fraction of sp³-hybridized carbons (Fsp3) is 0.857. The van der Waals surface area contributed by atoms with Crippen molar-refractivity contribution in [2.45, 2.75) is 64.1 Å². The molecular weight excluding hydrogens is 258 g/mol. The van der Waals surface area contributed by atoms with E-state index in [2.05, 4.69) is 29.5 Å². The molecule has 1 aliphatic rings. The third-order valence-electron chi connectivity index (χ3n) is 3.78. The molecule has 2 amide bonds. The van der Waals surface area contributed by atoms with Crippen LogP contribution in [0.25, 0.3) is 0 Å². The normalized spacial score (nSPS) is 17.6. The Kier molecular flexibility index (Phi) is 6.78. The fourth-order valence-electron chi connectivity index (χ4n) is 2.13. The summed E-state index contributed by atoms with van der Waals surface area (Å²) >= 11 is 0. The Labute approximate surface area is 120 Å². The Bertz CT molecular complexity index is 332. The SMILES string of the molecule is CC(CCCC(=O)O)NC(=O)NCC(C)N(C)C1CC1. The number of hydrogen-bond donors (Lipinski definition) is 3. The number of nitrogens with one attached hydrogen (secondary N) is 2. The molecule has 0 bridgehead atoms. The second-order valence-electron chi connectivity index (χ2n) is 5.79. The molecule has 0 aromatic carbocycles. The third kappa shape index (κ3) is 6.75. The first-order valence-corrected chi connectivity index (χ1v) is 7.38. The van der Waals surface area contributed by atoms with Crippen LogP contribution in [-0.2, 0) is 4.79 Å². The molecule has 2 unspecified atom stereocenters. The first-order chi connectivity index (χ1) is 9.40. The minimum atomic E-state index is -0.793. The second kappa shape index (κ2) is 8.09. The van der Waals surface area contributed by atoms with Crippen molar-refractivity contribution in [1.82, 2.24) is 15.5 Å². The van der Waals surface area contributed by atoms with Crippen molar-refractivity contribution in [3.8, 4) is 0 Å². The number of aliphatic carboxylic acids is 1. The van der Waals surface area contributed by atoms with Gasteiger partial charge < -0.3 is 15.7 Å². The highest BCUT2D eigenvalue weighted by Gasteiger charge is 2.29. The molecule has 0 heterocycles. The number of rotatable bonds is 9. The van der Waals surface area contributed by atoms with E-state index < -0.39 is 5.97 Å². The monoisotopic (exact) mass is 285 g/mol. The van der Waals surface area contributed by atoms with E-state index in [-0.39, 0.29) is 18.5 Å². The summed E-state index contributed by atoms with van der Waals surface area (Å²) in [6, 6.07) is 0.829. The summed E-state index contributed by atoms with van der Waals surface area (Å²) in [6.07, 6.45) is 3.92. The molecule has 0 saturated heterocycles. The molecule has 3 N–H and O–H groups in total. The smallest absolute Gasteiger partial charge is 0.315 e. The molecule has 0 spiro atoms. The first-order valence-electron chi connectivity index (χ1n) is 7.38. The zero-order valence-electron chi connectivity index (χ0n) is 12.7. The third-order valence-corrected chi connectivity index (χ3v) is 3.78. The minimum absolute atomic E-state index is 0.00850. The van der Waals surface area contributed by atoms with Gasteiger partial charge in [-0.15, -0.1) is 0 Å². The van der Waals surface area contributed by atoms with Crippen molar-refractivity contribution >= 4 is 12.0 Å². The van der Waals surface area contributed by atoms with Crippen LogP contribution in [-0.4, -0.2) is 53.7 Å². The van der Waals surface area contributed by atoms with Gasteiger partial charge in [-0.2, -0.15) is 0 Å². The maximum Gasteiger partial charge on any atom is 0.315 e. The summed E-state index contributed by atoms with van der Waals surface area (Å²) in [7, 11) is 2.09. The maximum absolute atomic E-state index is 11.7. The number of carbonyl (C=O) groups is 2. The lowest BCUT2D eigenvalue weighted by Gasteiger charge is -2.25. The molecular formula is C14H27N3O3. The van der Waals surface area contributed by atoms with Gasteiger partial charge in [0.05, 0.1) is 0 Å². The average Bonchev–Trinajstić information content (AvgIpc) is 3.18. The van der Waals surface area contributed by atoms with Gasteiger partial charge in [0.2, 0.25) is 0 Å². The number of carboxylic acid groups (broad SMARTS) is 1. The average molecular weight is 285 g/mol. The predicted octanol–water partition coefficient (Wildman–Crippen LogP) is 1.41. The van der Waals surface area contributed by atoms with Crippen molar-refractivity contribution in [2.75, 3.05) is 13.6 Å². The van der Waals surface area contributed by atoms with Gasteiger partial charge in [-0.1, -0.05) is 0 Å². The lowest BCUT2D eigenvalue weighted by Crippen LogP contribution is -2.46. The summed E-state index contributed by atoms with van der Waals surface area (Å²) in [5.41, 5.74) is 0. The summed E-state index contributed by atoms with van der Waals surface area (Å²) in [6.45, 7) is 4.62. The van der Waals surface area contributed by atoms with Crippen molar-refractivity contribution in [1.29, 1.82) is 0 Å². The van der Waals surface area contributed by atoms with Gasteiger partial charge in [0, 0.05) is 31.1 Å². The summed E-state index contributed by atoms with van der Waals surface area (Å²) in [5.74, 6) is -0.793. The number of carbonyl (C=O) groups excluding carboxylic acids is 1. The molecule has 20 heavy (non-hydrogen) atoms. The molecule has 6 heteroatoms. The summed E-state index contributed by atoms with van der Waals surface area (Å²) in [5, 5.41) is 14.3. The van der Waals surface area contributed by atoms with Crippen molar-refractivity contribution < 1.29 is 14.7 Å². The first kappa shape index (κ1) is 16.8. The number of amides is 2. The lowest BCUT2D eigenvalue weighted by atomic mass is 10.1. The van der Waals surface area contributed by atoms with E-state index in [4.69, 9.17) is 5.11 Å². The molecule has 1 rings (SSSR count). The molecule has 116 valence electrons. The Morgan fingerprint density at radius 3 is 2.55 bits per heavy atom. The molecule has 6 nitrogen and oxygen atoms in total. The van der Waals surface area contributed by atoms with Gasteiger partial charge >= 0.3 is 12.0 Å². The van der Waals surface area contributed by atoms with Crippen LogP contribution in [0.2, 0.25) is 0 Å². The Balaban J connectivity index is 2.10. The van der Waals surface area contributed by atoms with Crippen LogP contribution in [0.5, 0.6) is 0 Å². The van der Waals surface area contributed by atoms with E-state index >= 15 is 0 Å². The number of likely N-dealkylation sites (N-methyl/N-ethyl adjacent to an activating group) is 1. The van der Waals surface area contributed by atoms with Gasteiger partial charge in [0.1, 0.15) is 0 Å². The maximum atomic E-state index is 11.7.